The van der Waals surface area contributed by atoms with Crippen LogP contribution in [0.5, 0.6) is 0 Å². The molecule has 0 fully saturated rings. The summed E-state index contributed by atoms with van der Waals surface area (Å²) in [7, 11) is 2.25. The molecule has 0 amide bonds. The van der Waals surface area contributed by atoms with Crippen LogP contribution in [0.4, 0.5) is 0 Å². The fourth-order valence-corrected chi connectivity index (χ4v) is 1.57. The van der Waals surface area contributed by atoms with E-state index in [0.29, 0.717) is 6.04 Å². The number of unbranched alkanes of at least 4 members (excludes halogenated alkanes) is 1. The van der Waals surface area contributed by atoms with Gasteiger partial charge in [-0.15, -0.1) is 0 Å². The molecule has 0 aliphatic heterocycles. The summed E-state index contributed by atoms with van der Waals surface area (Å²) in [6, 6.07) is 1.43. The van der Waals surface area contributed by atoms with E-state index in [2.05, 4.69) is 46.6 Å². The second-order valence-corrected chi connectivity index (χ2v) is 4.64. The van der Waals surface area contributed by atoms with E-state index in [9.17, 15) is 0 Å². The Balaban J connectivity index is 3.86. The minimum absolute atomic E-state index is 0.701. The molecule has 0 aromatic heterocycles. The first-order chi connectivity index (χ1) is 6.00. The van der Waals surface area contributed by atoms with Gasteiger partial charge in [0.25, 0.3) is 0 Å². The molecule has 0 aromatic carbocycles. The fourth-order valence-electron chi connectivity index (χ4n) is 1.57. The van der Waals surface area contributed by atoms with Gasteiger partial charge in [-0.25, -0.2) is 0 Å². The van der Waals surface area contributed by atoms with Gasteiger partial charge in [-0.3, -0.25) is 0 Å². The number of hydrogen-bond acceptors (Lipinski definition) is 1. The summed E-state index contributed by atoms with van der Waals surface area (Å²) in [6.45, 7) is 11.5. The summed E-state index contributed by atoms with van der Waals surface area (Å²) in [4.78, 5) is 2.51. The highest BCUT2D eigenvalue weighted by Gasteiger charge is 2.17. The van der Waals surface area contributed by atoms with Crippen LogP contribution in [-0.4, -0.2) is 24.0 Å². The molecule has 0 saturated heterocycles. The SMILES string of the molecule is CCCCC(C)N(C)C(C)C(C)C. The van der Waals surface area contributed by atoms with Crippen molar-refractivity contribution in [2.45, 2.75) is 66.0 Å². The lowest BCUT2D eigenvalue weighted by Crippen LogP contribution is -2.39. The van der Waals surface area contributed by atoms with E-state index in [-0.39, 0.29) is 0 Å². The molecule has 2 atom stereocenters. The Hall–Kier alpha value is -0.0400. The first-order valence-electron chi connectivity index (χ1n) is 5.72. The smallest absolute Gasteiger partial charge is 0.00896 e. The number of hydrogen-bond donors (Lipinski definition) is 0. The van der Waals surface area contributed by atoms with E-state index in [1.165, 1.54) is 19.3 Å². The maximum Gasteiger partial charge on any atom is 0.00896 e. The van der Waals surface area contributed by atoms with E-state index in [1.54, 1.807) is 0 Å². The zero-order chi connectivity index (χ0) is 10.4. The van der Waals surface area contributed by atoms with Crippen LogP contribution in [0.2, 0.25) is 0 Å². The lowest BCUT2D eigenvalue weighted by molar-refractivity contribution is 0.149. The van der Waals surface area contributed by atoms with Gasteiger partial charge >= 0.3 is 0 Å². The topological polar surface area (TPSA) is 3.24 Å². The molecule has 0 aromatic rings. The van der Waals surface area contributed by atoms with Crippen molar-refractivity contribution >= 4 is 0 Å². The quantitative estimate of drug-likeness (QED) is 0.612. The van der Waals surface area contributed by atoms with Gasteiger partial charge in [0.05, 0.1) is 0 Å². The molecule has 1 nitrogen and oxygen atoms in total. The molecule has 0 heterocycles. The van der Waals surface area contributed by atoms with Crippen LogP contribution in [0.1, 0.15) is 53.9 Å². The third-order valence-corrected chi connectivity index (χ3v) is 3.28. The van der Waals surface area contributed by atoms with Crippen LogP contribution < -0.4 is 0 Å². The highest BCUT2D eigenvalue weighted by molar-refractivity contribution is 4.72. The molecule has 0 aliphatic carbocycles. The molecule has 0 bridgehead atoms. The van der Waals surface area contributed by atoms with Gasteiger partial charge < -0.3 is 4.90 Å². The Kier molecular flexibility index (Phi) is 6.40. The van der Waals surface area contributed by atoms with Gasteiger partial charge in [-0.1, -0.05) is 33.6 Å². The average molecular weight is 185 g/mol. The maximum atomic E-state index is 2.51. The van der Waals surface area contributed by atoms with E-state index >= 15 is 0 Å². The number of nitrogens with zero attached hydrogens (tertiary/aromatic N) is 1. The summed E-state index contributed by atoms with van der Waals surface area (Å²) in [5.74, 6) is 0.758. The number of rotatable bonds is 6. The molecular weight excluding hydrogens is 158 g/mol. The van der Waals surface area contributed by atoms with E-state index in [4.69, 9.17) is 0 Å². The molecule has 0 saturated carbocycles. The Morgan fingerprint density at radius 3 is 2.00 bits per heavy atom. The minimum atomic E-state index is 0.701. The first-order valence-corrected chi connectivity index (χ1v) is 5.72. The fraction of sp³-hybridized carbons (Fsp3) is 1.00. The lowest BCUT2D eigenvalue weighted by atomic mass is 10.0. The van der Waals surface area contributed by atoms with Crippen LogP contribution in [0, 0.1) is 5.92 Å². The molecule has 13 heavy (non-hydrogen) atoms. The average Bonchev–Trinajstić information content (AvgIpc) is 2.11. The van der Waals surface area contributed by atoms with E-state index in [1.807, 2.05) is 0 Å². The minimum Gasteiger partial charge on any atom is -0.301 e. The normalized spacial score (nSPS) is 16.6. The van der Waals surface area contributed by atoms with Gasteiger partial charge in [-0.2, -0.15) is 0 Å². The molecule has 80 valence electrons. The molecule has 1 heteroatoms. The molecular formula is C12H27N. The van der Waals surface area contributed by atoms with Crippen molar-refractivity contribution in [2.75, 3.05) is 7.05 Å². The van der Waals surface area contributed by atoms with Crippen LogP contribution in [-0.2, 0) is 0 Å². The van der Waals surface area contributed by atoms with Gasteiger partial charge in [0.15, 0.2) is 0 Å². The van der Waals surface area contributed by atoms with E-state index < -0.39 is 0 Å². The highest BCUT2D eigenvalue weighted by atomic mass is 15.1. The summed E-state index contributed by atoms with van der Waals surface area (Å²) < 4.78 is 0. The van der Waals surface area contributed by atoms with Crippen LogP contribution in [0.25, 0.3) is 0 Å². The second kappa shape index (κ2) is 6.42. The Morgan fingerprint density at radius 1 is 1.08 bits per heavy atom. The summed E-state index contributed by atoms with van der Waals surface area (Å²) in [5.41, 5.74) is 0. The molecule has 0 spiro atoms. The van der Waals surface area contributed by atoms with E-state index in [0.717, 1.165) is 12.0 Å². The van der Waals surface area contributed by atoms with Crippen molar-refractivity contribution in [2.24, 2.45) is 5.92 Å². The second-order valence-electron chi connectivity index (χ2n) is 4.64. The summed E-state index contributed by atoms with van der Waals surface area (Å²) >= 11 is 0. The van der Waals surface area contributed by atoms with Crippen LogP contribution >= 0.6 is 0 Å². The standard InChI is InChI=1S/C12H27N/c1-7-8-9-11(4)13(6)12(5)10(2)3/h10-12H,7-9H2,1-6H3. The van der Waals surface area contributed by atoms with Gasteiger partial charge in [0.2, 0.25) is 0 Å². The summed E-state index contributed by atoms with van der Waals surface area (Å²) in [5, 5.41) is 0. The Morgan fingerprint density at radius 2 is 1.62 bits per heavy atom. The third kappa shape index (κ3) is 4.66. The molecule has 0 rings (SSSR count). The lowest BCUT2D eigenvalue weighted by Gasteiger charge is -2.33. The third-order valence-electron chi connectivity index (χ3n) is 3.28. The highest BCUT2D eigenvalue weighted by Crippen LogP contribution is 2.14. The predicted molar refractivity (Wildman–Crippen MR) is 61.1 cm³/mol. The molecule has 2 unspecified atom stereocenters. The Labute approximate surface area is 84.5 Å². The zero-order valence-corrected chi connectivity index (χ0v) is 10.3. The molecule has 0 aliphatic rings. The predicted octanol–water partition coefficient (Wildman–Crippen LogP) is 3.54. The summed E-state index contributed by atoms with van der Waals surface area (Å²) in [6.07, 6.45) is 4.01. The maximum absolute atomic E-state index is 2.51. The molecule has 0 radical (unpaired) electrons. The zero-order valence-electron chi connectivity index (χ0n) is 10.3. The van der Waals surface area contributed by atoms with Crippen molar-refractivity contribution in [3.63, 3.8) is 0 Å². The van der Waals surface area contributed by atoms with Gasteiger partial charge in [0, 0.05) is 12.1 Å². The van der Waals surface area contributed by atoms with Gasteiger partial charge in [0.1, 0.15) is 0 Å². The Bertz CT molecular complexity index is 120. The monoisotopic (exact) mass is 185 g/mol. The van der Waals surface area contributed by atoms with Crippen molar-refractivity contribution in [1.29, 1.82) is 0 Å². The van der Waals surface area contributed by atoms with Gasteiger partial charge in [-0.05, 0) is 33.2 Å². The van der Waals surface area contributed by atoms with Crippen LogP contribution in [0.3, 0.4) is 0 Å². The van der Waals surface area contributed by atoms with Crippen LogP contribution in [0.15, 0.2) is 0 Å². The van der Waals surface area contributed by atoms with Crippen molar-refractivity contribution < 1.29 is 0 Å². The van der Waals surface area contributed by atoms with Crippen molar-refractivity contribution in [3.8, 4) is 0 Å². The molecule has 0 N–H and O–H groups in total. The first kappa shape index (κ1) is 13.0. The van der Waals surface area contributed by atoms with Crippen molar-refractivity contribution in [3.05, 3.63) is 0 Å². The van der Waals surface area contributed by atoms with Crippen molar-refractivity contribution in [1.82, 2.24) is 4.90 Å². The largest absolute Gasteiger partial charge is 0.301 e.